The highest BCUT2D eigenvalue weighted by Crippen LogP contribution is 2.24. The summed E-state index contributed by atoms with van der Waals surface area (Å²) in [4.78, 5) is 2.83. The van der Waals surface area contributed by atoms with Crippen molar-refractivity contribution < 1.29 is 9.84 Å². The van der Waals surface area contributed by atoms with Gasteiger partial charge >= 0.3 is 0 Å². The van der Waals surface area contributed by atoms with Crippen LogP contribution in [0.25, 0.3) is 0 Å². The summed E-state index contributed by atoms with van der Waals surface area (Å²) in [5, 5.41) is 9.12. The van der Waals surface area contributed by atoms with Crippen LogP contribution in [0.3, 0.4) is 0 Å². The van der Waals surface area contributed by atoms with Crippen LogP contribution in [-0.4, -0.2) is 47.3 Å². The number of rotatable bonds is 9. The zero-order valence-electron chi connectivity index (χ0n) is 12.3. The van der Waals surface area contributed by atoms with E-state index < -0.39 is 0 Å². The molecule has 0 heterocycles. The number of thiocarbonyl (C=S) groups is 1. The van der Waals surface area contributed by atoms with Gasteiger partial charge in [-0.25, -0.2) is 0 Å². The monoisotopic (exact) mass is 308 g/mol. The minimum Gasteiger partial charge on any atom is -0.492 e. The van der Waals surface area contributed by atoms with Crippen LogP contribution >= 0.6 is 12.2 Å². The second-order valence-corrected chi connectivity index (χ2v) is 6.00. The van der Waals surface area contributed by atoms with E-state index in [1.807, 2.05) is 24.3 Å². The van der Waals surface area contributed by atoms with Crippen molar-refractivity contribution in [2.24, 2.45) is 5.73 Å². The van der Waals surface area contributed by atoms with Gasteiger partial charge in [-0.3, -0.25) is 4.90 Å². The third-order valence-electron chi connectivity index (χ3n) is 3.93. The van der Waals surface area contributed by atoms with Crippen molar-refractivity contribution in [2.75, 3.05) is 26.3 Å². The van der Waals surface area contributed by atoms with E-state index in [0.717, 1.165) is 24.4 Å². The Kier molecular flexibility index (Phi) is 6.42. The summed E-state index contributed by atoms with van der Waals surface area (Å²) >= 11 is 4.90. The maximum absolute atomic E-state index is 9.12. The standard InChI is InChI=1S/C16H24N2O2S/c17-16(21)12-13-4-6-15(7-5-13)20-11-9-18(8-10-19)14-2-1-3-14/h4-7,14,19H,1-3,8-12H2,(H2,17,21). The third-order valence-corrected chi connectivity index (χ3v) is 4.07. The first kappa shape index (κ1) is 16.2. The van der Waals surface area contributed by atoms with Crippen LogP contribution < -0.4 is 10.5 Å². The molecule has 1 fully saturated rings. The number of aliphatic hydroxyl groups excluding tert-OH is 1. The zero-order chi connectivity index (χ0) is 15.1. The molecular weight excluding hydrogens is 284 g/mol. The number of hydrogen-bond donors (Lipinski definition) is 2. The summed E-state index contributed by atoms with van der Waals surface area (Å²) in [5.74, 6) is 0.860. The molecule has 4 nitrogen and oxygen atoms in total. The quantitative estimate of drug-likeness (QED) is 0.681. The van der Waals surface area contributed by atoms with E-state index in [1.54, 1.807) is 0 Å². The third kappa shape index (κ3) is 5.26. The Morgan fingerprint density at radius 3 is 2.52 bits per heavy atom. The van der Waals surface area contributed by atoms with Gasteiger partial charge in [-0.1, -0.05) is 30.8 Å². The van der Waals surface area contributed by atoms with Gasteiger partial charge in [0.15, 0.2) is 0 Å². The summed E-state index contributed by atoms with van der Waals surface area (Å²) in [6, 6.07) is 8.52. The van der Waals surface area contributed by atoms with E-state index in [0.29, 0.717) is 24.1 Å². The lowest BCUT2D eigenvalue weighted by atomic mass is 9.91. The van der Waals surface area contributed by atoms with Crippen LogP contribution in [0.2, 0.25) is 0 Å². The van der Waals surface area contributed by atoms with Gasteiger partial charge in [0, 0.05) is 25.6 Å². The fourth-order valence-electron chi connectivity index (χ4n) is 2.54. The highest BCUT2D eigenvalue weighted by atomic mass is 32.1. The molecule has 1 aliphatic rings. The average Bonchev–Trinajstić information content (AvgIpc) is 2.38. The molecule has 0 unspecified atom stereocenters. The molecule has 0 atom stereocenters. The normalized spacial score (nSPS) is 15.0. The Morgan fingerprint density at radius 1 is 1.29 bits per heavy atom. The molecule has 0 amide bonds. The number of nitrogens with zero attached hydrogens (tertiary/aromatic N) is 1. The van der Waals surface area contributed by atoms with Crippen molar-refractivity contribution in [3.8, 4) is 5.75 Å². The topological polar surface area (TPSA) is 58.7 Å². The van der Waals surface area contributed by atoms with Crippen molar-refractivity contribution in [3.05, 3.63) is 29.8 Å². The van der Waals surface area contributed by atoms with Gasteiger partial charge in [-0.05, 0) is 30.5 Å². The Hall–Kier alpha value is -1.17. The van der Waals surface area contributed by atoms with Crippen LogP contribution in [0.4, 0.5) is 0 Å². The van der Waals surface area contributed by atoms with E-state index >= 15 is 0 Å². The first-order valence-electron chi connectivity index (χ1n) is 7.54. The fraction of sp³-hybridized carbons (Fsp3) is 0.562. The maximum Gasteiger partial charge on any atom is 0.119 e. The van der Waals surface area contributed by atoms with Crippen LogP contribution in [0.15, 0.2) is 24.3 Å². The summed E-state index contributed by atoms with van der Waals surface area (Å²) in [5.41, 5.74) is 6.63. The molecule has 0 aliphatic heterocycles. The molecule has 1 aliphatic carbocycles. The molecule has 0 saturated heterocycles. The molecule has 1 aromatic carbocycles. The van der Waals surface area contributed by atoms with Crippen molar-refractivity contribution >= 4 is 17.2 Å². The summed E-state index contributed by atoms with van der Waals surface area (Å²) in [7, 11) is 0. The molecule has 0 bridgehead atoms. The lowest BCUT2D eigenvalue weighted by Gasteiger charge is -2.37. The minimum absolute atomic E-state index is 0.212. The van der Waals surface area contributed by atoms with E-state index in [9.17, 15) is 0 Å². The van der Waals surface area contributed by atoms with Gasteiger partial charge in [0.2, 0.25) is 0 Å². The Morgan fingerprint density at radius 2 is 2.00 bits per heavy atom. The second-order valence-electron chi connectivity index (χ2n) is 5.48. The fourth-order valence-corrected chi connectivity index (χ4v) is 2.71. The van der Waals surface area contributed by atoms with Gasteiger partial charge < -0.3 is 15.6 Å². The number of benzene rings is 1. The maximum atomic E-state index is 9.12. The van der Waals surface area contributed by atoms with Crippen LogP contribution in [-0.2, 0) is 6.42 Å². The average molecular weight is 308 g/mol. The molecular formula is C16H24N2O2S. The van der Waals surface area contributed by atoms with Crippen molar-refractivity contribution in [2.45, 2.75) is 31.7 Å². The van der Waals surface area contributed by atoms with Crippen LogP contribution in [0.5, 0.6) is 5.75 Å². The van der Waals surface area contributed by atoms with E-state index in [2.05, 4.69) is 4.90 Å². The van der Waals surface area contributed by atoms with Gasteiger partial charge in [0.25, 0.3) is 0 Å². The Bertz CT molecular complexity index is 446. The smallest absolute Gasteiger partial charge is 0.119 e. The summed E-state index contributed by atoms with van der Waals surface area (Å²) in [6.45, 7) is 2.45. The van der Waals surface area contributed by atoms with Gasteiger partial charge in [-0.2, -0.15) is 0 Å². The highest BCUT2D eigenvalue weighted by Gasteiger charge is 2.24. The van der Waals surface area contributed by atoms with E-state index in [1.165, 1.54) is 19.3 Å². The molecule has 5 heteroatoms. The first-order chi connectivity index (χ1) is 10.2. The summed E-state index contributed by atoms with van der Waals surface area (Å²) in [6.07, 6.45) is 4.42. The Balaban J connectivity index is 1.75. The van der Waals surface area contributed by atoms with Crippen molar-refractivity contribution in [3.63, 3.8) is 0 Å². The first-order valence-corrected chi connectivity index (χ1v) is 7.95. The van der Waals surface area contributed by atoms with Crippen molar-refractivity contribution in [1.29, 1.82) is 0 Å². The molecule has 0 spiro atoms. The number of hydrogen-bond acceptors (Lipinski definition) is 4. The van der Waals surface area contributed by atoms with E-state index in [4.69, 9.17) is 27.8 Å². The predicted molar refractivity (Wildman–Crippen MR) is 88.7 cm³/mol. The molecule has 21 heavy (non-hydrogen) atoms. The zero-order valence-corrected chi connectivity index (χ0v) is 13.1. The highest BCUT2D eigenvalue weighted by molar-refractivity contribution is 7.80. The number of nitrogens with two attached hydrogens (primary N) is 1. The van der Waals surface area contributed by atoms with Gasteiger partial charge in [0.1, 0.15) is 12.4 Å². The number of aliphatic hydroxyl groups is 1. The SMILES string of the molecule is NC(=S)Cc1ccc(OCCN(CCO)C2CCC2)cc1. The Labute approximate surface area is 131 Å². The molecule has 116 valence electrons. The molecule has 3 N–H and O–H groups in total. The molecule has 0 aromatic heterocycles. The van der Waals surface area contributed by atoms with Crippen molar-refractivity contribution in [1.82, 2.24) is 4.90 Å². The lowest BCUT2D eigenvalue weighted by molar-refractivity contribution is 0.0860. The molecule has 1 aromatic rings. The van der Waals surface area contributed by atoms with Crippen LogP contribution in [0.1, 0.15) is 24.8 Å². The van der Waals surface area contributed by atoms with Gasteiger partial charge in [0.05, 0.1) is 11.6 Å². The molecule has 0 radical (unpaired) electrons. The predicted octanol–water partition coefficient (Wildman–Crippen LogP) is 1.74. The van der Waals surface area contributed by atoms with Crippen LogP contribution in [0, 0.1) is 0 Å². The number of ether oxygens (including phenoxy) is 1. The molecule has 1 saturated carbocycles. The minimum atomic E-state index is 0.212. The lowest BCUT2D eigenvalue weighted by Crippen LogP contribution is -2.43. The van der Waals surface area contributed by atoms with Gasteiger partial charge in [-0.15, -0.1) is 0 Å². The van der Waals surface area contributed by atoms with E-state index in [-0.39, 0.29) is 6.61 Å². The summed E-state index contributed by atoms with van der Waals surface area (Å²) < 4.78 is 5.77. The molecule has 2 rings (SSSR count). The largest absolute Gasteiger partial charge is 0.492 e. The second kappa shape index (κ2) is 8.32.